The average Bonchev–Trinajstić information content (AvgIpc) is 3.02. The largest absolute Gasteiger partial charge is 0.294 e. The highest BCUT2D eigenvalue weighted by molar-refractivity contribution is 5.99. The van der Waals surface area contributed by atoms with Crippen LogP contribution >= 0.6 is 0 Å². The molecule has 8 atom stereocenters. The lowest BCUT2D eigenvalue weighted by atomic mass is 9.41. The van der Waals surface area contributed by atoms with Gasteiger partial charge in [-0.15, -0.1) is 0 Å². The van der Waals surface area contributed by atoms with Crippen LogP contribution in [0.1, 0.15) is 121 Å². The summed E-state index contributed by atoms with van der Waals surface area (Å²) in [5.74, 6) is 3.88. The summed E-state index contributed by atoms with van der Waals surface area (Å²) in [6.07, 6.45) is 13.3. The van der Waals surface area contributed by atoms with Gasteiger partial charge in [0.2, 0.25) is 0 Å². The van der Waals surface area contributed by atoms with Crippen LogP contribution in [-0.4, -0.2) is 5.78 Å². The Balaban J connectivity index is 1.75. The molecule has 0 aromatic rings. The van der Waals surface area contributed by atoms with Gasteiger partial charge in [-0.25, -0.2) is 0 Å². The summed E-state index contributed by atoms with van der Waals surface area (Å²) < 4.78 is 0. The number of hydrogen-bond donors (Lipinski definition) is 0. The van der Waals surface area contributed by atoms with Crippen LogP contribution in [0.15, 0.2) is 23.3 Å². The molecule has 2 fully saturated rings. The van der Waals surface area contributed by atoms with Gasteiger partial charge in [-0.2, -0.15) is 0 Å². The summed E-state index contributed by atoms with van der Waals surface area (Å²) in [5.41, 5.74) is 3.34. The van der Waals surface area contributed by atoms with E-state index in [9.17, 15) is 4.79 Å². The molecule has 4 aliphatic carbocycles. The van der Waals surface area contributed by atoms with Crippen molar-refractivity contribution in [1.29, 1.82) is 0 Å². The Labute approximate surface area is 211 Å². The third-order valence-corrected chi connectivity index (χ3v) is 13.0. The fourth-order valence-corrected chi connectivity index (χ4v) is 9.42. The maximum Gasteiger partial charge on any atom is 0.162 e. The normalized spacial score (nSPS) is 45.3. The van der Waals surface area contributed by atoms with Crippen LogP contribution in [-0.2, 0) is 4.79 Å². The second-order valence-corrected chi connectivity index (χ2v) is 15.3. The van der Waals surface area contributed by atoms with E-state index in [-0.39, 0.29) is 21.7 Å². The fourth-order valence-electron chi connectivity index (χ4n) is 9.42. The lowest BCUT2D eigenvalue weighted by Gasteiger charge is -2.62. The van der Waals surface area contributed by atoms with E-state index in [1.165, 1.54) is 37.7 Å². The Morgan fingerprint density at radius 2 is 1.50 bits per heavy atom. The van der Waals surface area contributed by atoms with Crippen molar-refractivity contribution in [2.24, 2.45) is 56.7 Å². The second-order valence-electron chi connectivity index (χ2n) is 15.3. The van der Waals surface area contributed by atoms with Crippen LogP contribution in [0.2, 0.25) is 0 Å². The Hall–Kier alpha value is -0.850. The summed E-state index contributed by atoms with van der Waals surface area (Å²) in [5, 5.41) is 0. The molecule has 4 aliphatic rings. The lowest BCUT2D eigenvalue weighted by molar-refractivity contribution is -0.136. The second kappa shape index (κ2) is 8.08. The molecule has 0 aromatic carbocycles. The predicted octanol–water partition coefficient (Wildman–Crippen LogP) is 9.43. The van der Waals surface area contributed by atoms with Crippen molar-refractivity contribution in [3.63, 3.8) is 0 Å². The zero-order valence-corrected chi connectivity index (χ0v) is 24.4. The van der Waals surface area contributed by atoms with E-state index in [1.54, 1.807) is 5.57 Å². The van der Waals surface area contributed by atoms with Crippen molar-refractivity contribution in [1.82, 2.24) is 0 Å². The topological polar surface area (TPSA) is 17.1 Å². The van der Waals surface area contributed by atoms with Crippen LogP contribution in [0.3, 0.4) is 0 Å². The van der Waals surface area contributed by atoms with E-state index in [0.29, 0.717) is 34.9 Å². The number of rotatable bonds is 5. The molecule has 0 bridgehead atoms. The molecule has 0 radical (unpaired) electrons. The minimum Gasteiger partial charge on any atom is -0.294 e. The maximum atomic E-state index is 13.9. The number of ketones is 1. The monoisotopic (exact) mass is 466 g/mol. The molecule has 1 heteroatoms. The molecule has 0 aromatic heterocycles. The molecule has 0 unspecified atom stereocenters. The number of allylic oxidation sites excluding steroid dienone is 4. The van der Waals surface area contributed by atoms with E-state index in [2.05, 4.69) is 88.3 Å². The van der Waals surface area contributed by atoms with Crippen molar-refractivity contribution in [3.05, 3.63) is 23.3 Å². The van der Waals surface area contributed by atoms with E-state index in [1.807, 2.05) is 0 Å². The Bertz CT molecular complexity index is 904. The average molecular weight is 467 g/mol. The van der Waals surface area contributed by atoms with Crippen LogP contribution in [0.25, 0.3) is 0 Å². The molecule has 0 amide bonds. The maximum absolute atomic E-state index is 13.9. The minimum absolute atomic E-state index is 0.0252. The smallest absolute Gasteiger partial charge is 0.162 e. The van der Waals surface area contributed by atoms with Gasteiger partial charge in [0.25, 0.3) is 0 Å². The third kappa shape index (κ3) is 3.33. The number of fused-ring (bicyclic) bond motifs is 5. The van der Waals surface area contributed by atoms with E-state index >= 15 is 0 Å². The predicted molar refractivity (Wildman–Crippen MR) is 146 cm³/mol. The minimum atomic E-state index is -0.249. The Morgan fingerprint density at radius 3 is 2.09 bits per heavy atom. The van der Waals surface area contributed by atoms with Gasteiger partial charge in [-0.05, 0) is 102 Å². The number of carbonyl (C=O) groups is 1. The Kier molecular flexibility index (Phi) is 6.23. The molecule has 2 saturated carbocycles. The number of hydrogen-bond acceptors (Lipinski definition) is 1. The van der Waals surface area contributed by atoms with E-state index < -0.39 is 0 Å². The molecular formula is C33H54O. The van der Waals surface area contributed by atoms with Gasteiger partial charge in [0.15, 0.2) is 5.78 Å². The first kappa shape index (κ1) is 26.2. The van der Waals surface area contributed by atoms with Crippen molar-refractivity contribution in [2.45, 2.75) is 121 Å². The first-order valence-electron chi connectivity index (χ1n) is 14.5. The fraction of sp³-hybridized carbons (Fsp3) is 0.848. The van der Waals surface area contributed by atoms with Gasteiger partial charge in [0.1, 0.15) is 0 Å². The molecule has 1 nitrogen and oxygen atoms in total. The Morgan fingerprint density at radius 1 is 0.912 bits per heavy atom. The SMILES string of the molecule is CC(C)CC[C@@H](C)C(C)(C)[C@H]1CC[C@@]2(C)C3=CC(=O)[C@]4(C)C[C@@H](C)[C@@H](C)C[C@]4(C)C3=CC[C@]12C. The van der Waals surface area contributed by atoms with Gasteiger partial charge in [-0.3, -0.25) is 4.79 Å². The van der Waals surface area contributed by atoms with Crippen LogP contribution in [0, 0.1) is 56.7 Å². The summed E-state index contributed by atoms with van der Waals surface area (Å²) >= 11 is 0. The van der Waals surface area contributed by atoms with Gasteiger partial charge in [0.05, 0.1) is 0 Å². The summed E-state index contributed by atoms with van der Waals surface area (Å²) in [6, 6.07) is 0. The summed E-state index contributed by atoms with van der Waals surface area (Å²) in [4.78, 5) is 13.9. The van der Waals surface area contributed by atoms with E-state index in [4.69, 9.17) is 0 Å². The van der Waals surface area contributed by atoms with Crippen LogP contribution in [0.4, 0.5) is 0 Å². The van der Waals surface area contributed by atoms with Gasteiger partial charge < -0.3 is 0 Å². The highest BCUT2D eigenvalue weighted by Gasteiger charge is 2.66. The van der Waals surface area contributed by atoms with Crippen molar-refractivity contribution in [3.8, 4) is 0 Å². The molecule has 0 heterocycles. The standard InChI is InChI=1S/C33H54O/c1-21(2)12-13-24(5)29(6,7)27-15-17-30(8)26-18-28(34)33(11)20-23(4)22(3)19-32(33,10)25(26)14-16-31(27,30)9/h14,18,21-24,27H,12-13,15-17,19-20H2,1-11H3/t22-,23+,24+,27+,30-,31+,32+,33-/m0/s1. The third-order valence-electron chi connectivity index (χ3n) is 13.0. The molecular weight excluding hydrogens is 412 g/mol. The van der Waals surface area contributed by atoms with Crippen molar-refractivity contribution < 1.29 is 4.79 Å². The zero-order chi connectivity index (χ0) is 25.5. The lowest BCUT2D eigenvalue weighted by Crippen LogP contribution is -2.57. The molecule has 4 rings (SSSR count). The van der Waals surface area contributed by atoms with Gasteiger partial charge in [-0.1, -0.05) is 88.7 Å². The first-order chi connectivity index (χ1) is 15.5. The highest BCUT2D eigenvalue weighted by atomic mass is 16.1. The molecule has 192 valence electrons. The van der Waals surface area contributed by atoms with Gasteiger partial charge in [0, 0.05) is 10.8 Å². The zero-order valence-electron chi connectivity index (χ0n) is 24.4. The van der Waals surface area contributed by atoms with Crippen LogP contribution < -0.4 is 0 Å². The van der Waals surface area contributed by atoms with E-state index in [0.717, 1.165) is 18.8 Å². The first-order valence-corrected chi connectivity index (χ1v) is 14.5. The highest BCUT2D eigenvalue weighted by Crippen LogP contribution is 2.73. The molecule has 0 aliphatic heterocycles. The molecule has 0 spiro atoms. The van der Waals surface area contributed by atoms with Gasteiger partial charge >= 0.3 is 0 Å². The summed E-state index contributed by atoms with van der Waals surface area (Å²) in [6.45, 7) is 27.0. The molecule has 0 saturated heterocycles. The van der Waals surface area contributed by atoms with Crippen molar-refractivity contribution >= 4 is 5.78 Å². The number of carbonyl (C=O) groups excluding carboxylic acids is 1. The molecule has 34 heavy (non-hydrogen) atoms. The quantitative estimate of drug-likeness (QED) is 0.394. The van der Waals surface area contributed by atoms with Crippen LogP contribution in [0.5, 0.6) is 0 Å². The van der Waals surface area contributed by atoms with Crippen molar-refractivity contribution in [2.75, 3.05) is 0 Å². The summed E-state index contributed by atoms with van der Waals surface area (Å²) in [7, 11) is 0. The molecule has 0 N–H and O–H groups in total.